The van der Waals surface area contributed by atoms with Gasteiger partial charge in [-0.05, 0) is 30.5 Å². The number of amides is 1. The van der Waals surface area contributed by atoms with E-state index in [-0.39, 0.29) is 30.0 Å². The van der Waals surface area contributed by atoms with E-state index in [9.17, 15) is 9.59 Å². The number of hydrogen-bond donors (Lipinski definition) is 1. The average molecular weight is 350 g/mol. The van der Waals surface area contributed by atoms with Gasteiger partial charge in [-0.3, -0.25) is 9.20 Å². The minimum absolute atomic E-state index is 0.0452. The quantitative estimate of drug-likeness (QED) is 0.740. The van der Waals surface area contributed by atoms with E-state index in [4.69, 9.17) is 0 Å². The fraction of sp³-hybridized carbons (Fsp3) is 0.350. The van der Waals surface area contributed by atoms with Crippen molar-refractivity contribution in [1.29, 1.82) is 0 Å². The molecular formula is C20H22N4O2. The number of carbonyl (C=O) groups excluding carboxylic acids is 1. The van der Waals surface area contributed by atoms with Crippen LogP contribution >= 0.6 is 0 Å². The highest BCUT2D eigenvalue weighted by Gasteiger charge is 2.38. The first-order chi connectivity index (χ1) is 12.7. The molecule has 0 saturated heterocycles. The van der Waals surface area contributed by atoms with Crippen LogP contribution in [-0.2, 0) is 16.8 Å². The van der Waals surface area contributed by atoms with Gasteiger partial charge in [0.2, 0.25) is 5.91 Å². The Kier molecular flexibility index (Phi) is 4.32. The minimum atomic E-state index is -0.215. The molecule has 2 heterocycles. The van der Waals surface area contributed by atoms with Gasteiger partial charge >= 0.3 is 5.69 Å². The fourth-order valence-electron chi connectivity index (χ4n) is 3.64. The standard InChI is InChI=1S/C20H22N4O2/c25-18(10-14-24-19(26)23-13-5-4-9-17(23)22-24)21-15-20(11-6-12-20)16-7-2-1-3-8-16/h1-5,7-9,13H,6,10-12,14-15H2,(H,21,25). The molecule has 0 bridgehead atoms. The van der Waals surface area contributed by atoms with Crippen LogP contribution in [0.3, 0.4) is 0 Å². The lowest BCUT2D eigenvalue weighted by atomic mass is 9.64. The van der Waals surface area contributed by atoms with Crippen LogP contribution in [0.1, 0.15) is 31.2 Å². The number of aryl methyl sites for hydroxylation is 1. The molecule has 0 aliphatic heterocycles. The Bertz CT molecular complexity index is 970. The van der Waals surface area contributed by atoms with E-state index in [0.717, 1.165) is 12.8 Å². The van der Waals surface area contributed by atoms with E-state index in [1.54, 1.807) is 18.3 Å². The molecular weight excluding hydrogens is 328 g/mol. The topological polar surface area (TPSA) is 68.4 Å². The van der Waals surface area contributed by atoms with E-state index >= 15 is 0 Å². The SMILES string of the molecule is O=C(CCn1nc2ccccn2c1=O)NCC1(c2ccccc2)CCC1. The molecule has 0 atom stereocenters. The number of rotatable bonds is 6. The Hall–Kier alpha value is -2.89. The summed E-state index contributed by atoms with van der Waals surface area (Å²) in [7, 11) is 0. The third-order valence-corrected chi connectivity index (χ3v) is 5.36. The maximum Gasteiger partial charge on any atom is 0.350 e. The van der Waals surface area contributed by atoms with E-state index in [1.807, 2.05) is 24.3 Å². The Labute approximate surface area is 151 Å². The van der Waals surface area contributed by atoms with Crippen LogP contribution in [0, 0.1) is 0 Å². The summed E-state index contributed by atoms with van der Waals surface area (Å²) in [6.07, 6.45) is 5.32. The van der Waals surface area contributed by atoms with Gasteiger partial charge in [0.25, 0.3) is 0 Å². The summed E-state index contributed by atoms with van der Waals surface area (Å²) in [4.78, 5) is 24.5. The Morgan fingerprint density at radius 3 is 2.58 bits per heavy atom. The maximum absolute atomic E-state index is 12.3. The van der Waals surface area contributed by atoms with Gasteiger partial charge in [-0.25, -0.2) is 9.48 Å². The zero-order valence-corrected chi connectivity index (χ0v) is 14.6. The highest BCUT2D eigenvalue weighted by Crippen LogP contribution is 2.43. The van der Waals surface area contributed by atoms with Crippen molar-refractivity contribution < 1.29 is 4.79 Å². The van der Waals surface area contributed by atoms with Gasteiger partial charge in [0, 0.05) is 24.6 Å². The fourth-order valence-corrected chi connectivity index (χ4v) is 3.64. The van der Waals surface area contributed by atoms with Gasteiger partial charge in [0.1, 0.15) is 0 Å². The molecule has 4 rings (SSSR count). The predicted molar refractivity (Wildman–Crippen MR) is 99.0 cm³/mol. The molecule has 0 spiro atoms. The van der Waals surface area contributed by atoms with E-state index in [2.05, 4.69) is 22.5 Å². The second kappa shape index (κ2) is 6.78. The molecule has 1 fully saturated rings. The lowest BCUT2D eigenvalue weighted by molar-refractivity contribution is -0.121. The highest BCUT2D eigenvalue weighted by molar-refractivity contribution is 5.76. The molecule has 134 valence electrons. The van der Waals surface area contributed by atoms with Crippen molar-refractivity contribution >= 4 is 11.6 Å². The Morgan fingerprint density at radius 2 is 1.88 bits per heavy atom. The van der Waals surface area contributed by atoms with Crippen molar-refractivity contribution in [3.05, 3.63) is 70.8 Å². The summed E-state index contributed by atoms with van der Waals surface area (Å²) in [5.41, 5.74) is 1.74. The Balaban J connectivity index is 1.37. The lowest BCUT2D eigenvalue weighted by Crippen LogP contribution is -2.45. The number of nitrogens with zero attached hydrogens (tertiary/aromatic N) is 3. The van der Waals surface area contributed by atoms with Crippen LogP contribution in [0.15, 0.2) is 59.5 Å². The number of carbonyl (C=O) groups is 1. The molecule has 0 radical (unpaired) electrons. The van der Waals surface area contributed by atoms with Crippen molar-refractivity contribution in [2.24, 2.45) is 0 Å². The van der Waals surface area contributed by atoms with Crippen LogP contribution in [-0.4, -0.2) is 26.6 Å². The number of aromatic nitrogens is 3. The number of benzene rings is 1. The molecule has 3 aromatic rings. The van der Waals surface area contributed by atoms with Crippen molar-refractivity contribution in [2.75, 3.05) is 6.54 Å². The summed E-state index contributed by atoms with van der Waals surface area (Å²) >= 11 is 0. The van der Waals surface area contributed by atoms with Crippen LogP contribution in [0.4, 0.5) is 0 Å². The zero-order valence-electron chi connectivity index (χ0n) is 14.6. The Morgan fingerprint density at radius 1 is 1.12 bits per heavy atom. The first-order valence-corrected chi connectivity index (χ1v) is 9.04. The van der Waals surface area contributed by atoms with Gasteiger partial charge in [-0.1, -0.05) is 42.8 Å². The average Bonchev–Trinajstić information content (AvgIpc) is 2.96. The second-order valence-corrected chi connectivity index (χ2v) is 6.96. The summed E-state index contributed by atoms with van der Waals surface area (Å²) < 4.78 is 2.84. The monoisotopic (exact) mass is 350 g/mol. The molecule has 1 aliphatic rings. The first-order valence-electron chi connectivity index (χ1n) is 9.04. The summed E-state index contributed by atoms with van der Waals surface area (Å²) in [6.45, 7) is 0.931. The predicted octanol–water partition coefficient (Wildman–Crippen LogP) is 2.12. The molecule has 0 unspecified atom stereocenters. The van der Waals surface area contributed by atoms with Crippen molar-refractivity contribution in [3.8, 4) is 0 Å². The first kappa shape index (κ1) is 16.6. The molecule has 2 aromatic heterocycles. The van der Waals surface area contributed by atoms with Crippen molar-refractivity contribution in [2.45, 2.75) is 37.6 Å². The van der Waals surface area contributed by atoms with Crippen molar-refractivity contribution in [3.63, 3.8) is 0 Å². The lowest BCUT2D eigenvalue weighted by Gasteiger charge is -2.42. The third kappa shape index (κ3) is 3.03. The molecule has 1 N–H and O–H groups in total. The molecule has 1 aliphatic carbocycles. The number of nitrogens with one attached hydrogen (secondary N) is 1. The number of hydrogen-bond acceptors (Lipinski definition) is 3. The molecule has 26 heavy (non-hydrogen) atoms. The van der Waals surface area contributed by atoms with Gasteiger partial charge in [-0.15, -0.1) is 5.10 Å². The van der Waals surface area contributed by atoms with Crippen LogP contribution in [0.25, 0.3) is 5.65 Å². The van der Waals surface area contributed by atoms with E-state index < -0.39 is 0 Å². The highest BCUT2D eigenvalue weighted by atomic mass is 16.2. The van der Waals surface area contributed by atoms with E-state index in [0.29, 0.717) is 12.2 Å². The maximum atomic E-state index is 12.3. The van der Waals surface area contributed by atoms with Crippen LogP contribution < -0.4 is 11.0 Å². The molecule has 6 heteroatoms. The second-order valence-electron chi connectivity index (χ2n) is 6.96. The largest absolute Gasteiger partial charge is 0.355 e. The van der Waals surface area contributed by atoms with Gasteiger partial charge < -0.3 is 5.32 Å². The molecule has 1 aromatic carbocycles. The van der Waals surface area contributed by atoms with Crippen molar-refractivity contribution in [1.82, 2.24) is 19.5 Å². The van der Waals surface area contributed by atoms with Gasteiger partial charge in [-0.2, -0.15) is 0 Å². The van der Waals surface area contributed by atoms with Crippen LogP contribution in [0.2, 0.25) is 0 Å². The molecule has 1 amide bonds. The summed E-state index contributed by atoms with van der Waals surface area (Å²) in [5.74, 6) is -0.0452. The smallest absolute Gasteiger partial charge is 0.350 e. The van der Waals surface area contributed by atoms with E-state index in [1.165, 1.54) is 21.1 Å². The third-order valence-electron chi connectivity index (χ3n) is 5.36. The molecule has 6 nitrogen and oxygen atoms in total. The minimum Gasteiger partial charge on any atom is -0.355 e. The van der Waals surface area contributed by atoms with Gasteiger partial charge in [0.15, 0.2) is 5.65 Å². The number of fused-ring (bicyclic) bond motifs is 1. The zero-order chi connectivity index (χ0) is 18.0. The summed E-state index contributed by atoms with van der Waals surface area (Å²) in [5, 5.41) is 7.31. The summed E-state index contributed by atoms with van der Waals surface area (Å²) in [6, 6.07) is 15.8. The molecule has 1 saturated carbocycles. The normalized spacial score (nSPS) is 15.5. The van der Waals surface area contributed by atoms with Crippen LogP contribution in [0.5, 0.6) is 0 Å². The van der Waals surface area contributed by atoms with Gasteiger partial charge in [0.05, 0.1) is 6.54 Å². The number of pyridine rings is 1.